The smallest absolute Gasteiger partial charge is 0.237 e. The molecule has 5 heteroatoms. The number of hydrogen-bond donors (Lipinski definition) is 2. The molecule has 17 heavy (non-hydrogen) atoms. The van der Waals surface area contributed by atoms with E-state index in [0.717, 1.165) is 25.0 Å². The van der Waals surface area contributed by atoms with E-state index in [1.54, 1.807) is 17.8 Å². The van der Waals surface area contributed by atoms with Gasteiger partial charge in [0.2, 0.25) is 5.91 Å². The van der Waals surface area contributed by atoms with Crippen molar-refractivity contribution < 1.29 is 9.18 Å². The second-order valence-corrected chi connectivity index (χ2v) is 5.39. The molecule has 0 aromatic heterocycles. The third-order valence-corrected chi connectivity index (χ3v) is 4.10. The number of amides is 1. The Kier molecular flexibility index (Phi) is 3.89. The van der Waals surface area contributed by atoms with Gasteiger partial charge in [-0.05, 0) is 36.8 Å². The van der Waals surface area contributed by atoms with Gasteiger partial charge in [-0.2, -0.15) is 0 Å². The minimum absolute atomic E-state index is 0.0549. The maximum atomic E-state index is 13.5. The van der Waals surface area contributed by atoms with Crippen LogP contribution < -0.4 is 11.1 Å². The van der Waals surface area contributed by atoms with E-state index < -0.39 is 5.82 Å². The zero-order valence-electron chi connectivity index (χ0n) is 9.41. The largest absolute Gasteiger partial charge is 0.399 e. The van der Waals surface area contributed by atoms with Gasteiger partial charge in [-0.25, -0.2) is 4.39 Å². The molecule has 0 aliphatic carbocycles. The fourth-order valence-corrected chi connectivity index (χ4v) is 2.99. The van der Waals surface area contributed by atoms with E-state index in [1.807, 2.05) is 0 Å². The van der Waals surface area contributed by atoms with Gasteiger partial charge in [0.05, 0.1) is 10.9 Å². The number of nitrogens with one attached hydrogen (secondary N) is 1. The monoisotopic (exact) mass is 254 g/mol. The number of nitrogen functional groups attached to an aromatic ring is 1. The van der Waals surface area contributed by atoms with Gasteiger partial charge in [-0.15, -0.1) is 11.8 Å². The van der Waals surface area contributed by atoms with Crippen LogP contribution in [0.5, 0.6) is 0 Å². The molecule has 1 unspecified atom stereocenters. The maximum absolute atomic E-state index is 13.5. The normalized spacial score (nSPS) is 19.9. The van der Waals surface area contributed by atoms with Crippen molar-refractivity contribution in [2.45, 2.75) is 24.5 Å². The number of carbonyl (C=O) groups excluding carboxylic acids is 1. The Balaban J connectivity index is 2.02. The molecule has 92 valence electrons. The summed E-state index contributed by atoms with van der Waals surface area (Å²) < 4.78 is 13.5. The van der Waals surface area contributed by atoms with Crippen LogP contribution in [0.2, 0.25) is 0 Å². The zero-order valence-corrected chi connectivity index (χ0v) is 10.2. The molecule has 1 aromatic rings. The van der Waals surface area contributed by atoms with Crippen LogP contribution in [0.4, 0.5) is 15.8 Å². The van der Waals surface area contributed by atoms with Crippen LogP contribution in [0.3, 0.4) is 0 Å². The Morgan fingerprint density at radius 1 is 1.47 bits per heavy atom. The first-order valence-corrected chi connectivity index (χ1v) is 6.69. The highest BCUT2D eigenvalue weighted by Gasteiger charge is 2.22. The Labute approximate surface area is 104 Å². The van der Waals surface area contributed by atoms with E-state index in [4.69, 9.17) is 5.73 Å². The van der Waals surface area contributed by atoms with Crippen LogP contribution in [-0.2, 0) is 4.79 Å². The molecule has 3 nitrogen and oxygen atoms in total. The molecule has 0 spiro atoms. The summed E-state index contributed by atoms with van der Waals surface area (Å²) in [6.07, 6.45) is 3.09. The topological polar surface area (TPSA) is 55.1 Å². The number of hydrogen-bond acceptors (Lipinski definition) is 3. The number of thioether (sulfide) groups is 1. The van der Waals surface area contributed by atoms with Crippen LogP contribution in [0.25, 0.3) is 0 Å². The molecule has 1 amide bonds. The van der Waals surface area contributed by atoms with Gasteiger partial charge in [0.1, 0.15) is 5.82 Å². The van der Waals surface area contributed by atoms with Crippen molar-refractivity contribution in [3.05, 3.63) is 24.0 Å². The van der Waals surface area contributed by atoms with Gasteiger partial charge in [-0.3, -0.25) is 4.79 Å². The van der Waals surface area contributed by atoms with Crippen LogP contribution in [0, 0.1) is 5.82 Å². The molecule has 1 heterocycles. The number of nitrogens with two attached hydrogens (primary N) is 1. The molecule has 3 N–H and O–H groups in total. The van der Waals surface area contributed by atoms with E-state index in [9.17, 15) is 9.18 Å². The van der Waals surface area contributed by atoms with Gasteiger partial charge >= 0.3 is 0 Å². The molecule has 1 fully saturated rings. The molecule has 1 aromatic carbocycles. The first-order valence-electron chi connectivity index (χ1n) is 5.64. The van der Waals surface area contributed by atoms with Crippen molar-refractivity contribution in [2.24, 2.45) is 0 Å². The average Bonchev–Trinajstić information content (AvgIpc) is 2.34. The third-order valence-electron chi connectivity index (χ3n) is 2.72. The Morgan fingerprint density at radius 2 is 2.29 bits per heavy atom. The molecular formula is C12H15FN2OS. The molecule has 0 saturated carbocycles. The van der Waals surface area contributed by atoms with E-state index in [2.05, 4.69) is 5.32 Å². The van der Waals surface area contributed by atoms with E-state index in [-0.39, 0.29) is 16.8 Å². The van der Waals surface area contributed by atoms with Gasteiger partial charge < -0.3 is 11.1 Å². The highest BCUT2D eigenvalue weighted by molar-refractivity contribution is 8.00. The van der Waals surface area contributed by atoms with Crippen molar-refractivity contribution >= 4 is 29.0 Å². The maximum Gasteiger partial charge on any atom is 0.237 e. The lowest BCUT2D eigenvalue weighted by atomic mass is 10.1. The van der Waals surface area contributed by atoms with Gasteiger partial charge in [0.25, 0.3) is 0 Å². The number of anilines is 2. The highest BCUT2D eigenvalue weighted by Crippen LogP contribution is 2.26. The molecular weight excluding hydrogens is 239 g/mol. The highest BCUT2D eigenvalue weighted by atomic mass is 32.2. The second-order valence-electron chi connectivity index (χ2n) is 4.08. The van der Waals surface area contributed by atoms with Crippen molar-refractivity contribution in [3.63, 3.8) is 0 Å². The Morgan fingerprint density at radius 3 is 2.94 bits per heavy atom. The van der Waals surface area contributed by atoms with Gasteiger partial charge in [0, 0.05) is 5.69 Å². The lowest BCUT2D eigenvalue weighted by Gasteiger charge is -2.20. The number of benzene rings is 1. The van der Waals surface area contributed by atoms with Crippen molar-refractivity contribution in [3.8, 4) is 0 Å². The van der Waals surface area contributed by atoms with Gasteiger partial charge in [-0.1, -0.05) is 6.42 Å². The Bertz CT molecular complexity index is 419. The summed E-state index contributed by atoms with van der Waals surface area (Å²) in [4.78, 5) is 11.9. The fraction of sp³-hybridized carbons (Fsp3) is 0.417. The minimum atomic E-state index is -0.487. The number of rotatable bonds is 2. The molecule has 0 radical (unpaired) electrons. The quantitative estimate of drug-likeness (QED) is 0.798. The van der Waals surface area contributed by atoms with Crippen LogP contribution in [0.1, 0.15) is 19.3 Å². The molecule has 1 aliphatic rings. The summed E-state index contributed by atoms with van der Waals surface area (Å²) in [7, 11) is 0. The van der Waals surface area contributed by atoms with Crippen LogP contribution in [-0.4, -0.2) is 16.9 Å². The molecule has 1 atom stereocenters. The number of halogens is 1. The third kappa shape index (κ3) is 3.12. The van der Waals surface area contributed by atoms with E-state index in [1.165, 1.54) is 12.1 Å². The molecule has 1 saturated heterocycles. The van der Waals surface area contributed by atoms with Crippen molar-refractivity contribution in [1.82, 2.24) is 0 Å². The molecule has 0 bridgehead atoms. The lowest BCUT2D eigenvalue weighted by molar-refractivity contribution is -0.115. The molecule has 1 aliphatic heterocycles. The summed E-state index contributed by atoms with van der Waals surface area (Å²) in [6.45, 7) is 0. The Hall–Kier alpha value is -1.23. The fourth-order valence-electron chi connectivity index (χ4n) is 1.79. The standard InChI is InChI=1S/C12H15FN2OS/c13-9-7-8(14)4-5-10(9)15-12(16)11-3-1-2-6-17-11/h4-5,7,11H,1-3,6,14H2,(H,15,16). The van der Waals surface area contributed by atoms with Gasteiger partial charge in [0.15, 0.2) is 0 Å². The molecule has 2 rings (SSSR count). The van der Waals surface area contributed by atoms with Crippen LogP contribution in [0.15, 0.2) is 18.2 Å². The number of carbonyl (C=O) groups is 1. The first kappa shape index (κ1) is 12.2. The summed E-state index contributed by atoms with van der Waals surface area (Å²) in [5, 5.41) is 2.56. The predicted molar refractivity (Wildman–Crippen MR) is 69.5 cm³/mol. The average molecular weight is 254 g/mol. The summed E-state index contributed by atoms with van der Waals surface area (Å²) in [6, 6.07) is 4.28. The summed E-state index contributed by atoms with van der Waals surface area (Å²) >= 11 is 1.64. The SMILES string of the molecule is Nc1ccc(NC(=O)C2CCCCS2)c(F)c1. The van der Waals surface area contributed by atoms with Crippen molar-refractivity contribution in [1.29, 1.82) is 0 Å². The zero-order chi connectivity index (χ0) is 12.3. The minimum Gasteiger partial charge on any atom is -0.399 e. The summed E-state index contributed by atoms with van der Waals surface area (Å²) in [5.41, 5.74) is 6.00. The van der Waals surface area contributed by atoms with E-state index in [0.29, 0.717) is 5.69 Å². The van der Waals surface area contributed by atoms with Crippen molar-refractivity contribution in [2.75, 3.05) is 16.8 Å². The second kappa shape index (κ2) is 5.40. The first-order chi connectivity index (χ1) is 8.16. The predicted octanol–water partition coefficient (Wildman–Crippen LogP) is 2.63. The summed E-state index contributed by atoms with van der Waals surface area (Å²) in [5.74, 6) is 0.403. The van der Waals surface area contributed by atoms with Crippen LogP contribution >= 0.6 is 11.8 Å². The lowest BCUT2D eigenvalue weighted by Crippen LogP contribution is -2.27. The van der Waals surface area contributed by atoms with E-state index >= 15 is 0 Å².